The number of hydrogen-bond donors (Lipinski definition) is 0. The third-order valence-corrected chi connectivity index (χ3v) is 5.45. The van der Waals surface area contributed by atoms with Crippen molar-refractivity contribution in [2.45, 2.75) is 51.0 Å². The van der Waals surface area contributed by atoms with Gasteiger partial charge in [-0.1, -0.05) is 19.1 Å². The zero-order valence-corrected chi connectivity index (χ0v) is 16.3. The zero-order valence-electron chi connectivity index (χ0n) is 15.5. The predicted octanol–water partition coefficient (Wildman–Crippen LogP) is 2.96. The summed E-state index contributed by atoms with van der Waals surface area (Å²) >= 11 is 0. The second kappa shape index (κ2) is 8.42. The van der Waals surface area contributed by atoms with E-state index in [1.54, 1.807) is 7.11 Å². The summed E-state index contributed by atoms with van der Waals surface area (Å²) in [5.41, 5.74) is 2.73. The minimum Gasteiger partial charge on any atom is -0.496 e. The second-order valence-electron chi connectivity index (χ2n) is 7.09. The summed E-state index contributed by atoms with van der Waals surface area (Å²) in [6.07, 6.45) is 7.40. The minimum absolute atomic E-state index is 0. The lowest BCUT2D eigenvalue weighted by atomic mass is 9.83. The van der Waals surface area contributed by atoms with Gasteiger partial charge in [0.25, 0.3) is 0 Å². The normalized spacial score (nSPS) is 25.1. The Morgan fingerprint density at radius 3 is 2.88 bits per heavy atom. The molecule has 1 aliphatic carbocycles. The van der Waals surface area contributed by atoms with Crippen molar-refractivity contribution in [2.75, 3.05) is 20.2 Å². The molecule has 0 bridgehead atoms. The first kappa shape index (κ1) is 19.2. The Morgan fingerprint density at radius 1 is 1.27 bits per heavy atom. The lowest BCUT2D eigenvalue weighted by Gasteiger charge is -2.47. The first-order valence-electron chi connectivity index (χ1n) is 9.30. The maximum Gasteiger partial charge on any atom is 0.122 e. The fraction of sp³-hybridized carbons (Fsp3) is 0.550. The Kier molecular flexibility index (Phi) is 6.22. The molecule has 3 atom stereocenters. The van der Waals surface area contributed by atoms with Crippen molar-refractivity contribution >= 4 is 12.4 Å². The molecule has 4 rings (SSSR count). The van der Waals surface area contributed by atoms with Gasteiger partial charge in [-0.25, -0.2) is 0 Å². The number of hydrogen-bond acceptors (Lipinski definition) is 4. The summed E-state index contributed by atoms with van der Waals surface area (Å²) in [5, 5.41) is 4.35. The Hall–Kier alpha value is -1.56. The summed E-state index contributed by atoms with van der Waals surface area (Å²) in [6.45, 7) is 5.18. The molecule has 0 amide bonds. The number of benzene rings is 1. The topological polar surface area (TPSA) is 39.5 Å². The zero-order chi connectivity index (χ0) is 17.2. The quantitative estimate of drug-likeness (QED) is 0.803. The molecule has 2 aromatic rings. The lowest BCUT2D eigenvalue weighted by molar-refractivity contribution is -0.128. The Morgan fingerprint density at radius 2 is 2.15 bits per heavy atom. The van der Waals surface area contributed by atoms with Crippen molar-refractivity contribution < 1.29 is 9.47 Å². The number of halogens is 1. The van der Waals surface area contributed by atoms with Crippen molar-refractivity contribution in [3.63, 3.8) is 0 Å². The van der Waals surface area contributed by atoms with E-state index in [9.17, 15) is 0 Å². The highest BCUT2D eigenvalue weighted by atomic mass is 35.5. The average molecular weight is 378 g/mol. The van der Waals surface area contributed by atoms with Crippen LogP contribution in [0, 0.1) is 0 Å². The van der Waals surface area contributed by atoms with Crippen molar-refractivity contribution in [1.29, 1.82) is 0 Å². The molecule has 1 saturated heterocycles. The van der Waals surface area contributed by atoms with Crippen LogP contribution in [-0.2, 0) is 24.1 Å². The number of aromatic nitrogens is 2. The molecule has 1 aromatic carbocycles. The summed E-state index contributed by atoms with van der Waals surface area (Å²) in [5.74, 6) is 0.996. The van der Waals surface area contributed by atoms with E-state index in [1.165, 1.54) is 17.5 Å². The number of nitrogens with zero attached hydrogens (tertiary/aromatic N) is 3. The van der Waals surface area contributed by atoms with Gasteiger partial charge in [-0.05, 0) is 42.6 Å². The molecule has 5 nitrogen and oxygen atoms in total. The monoisotopic (exact) mass is 377 g/mol. The summed E-state index contributed by atoms with van der Waals surface area (Å²) in [7, 11) is 1.76. The van der Waals surface area contributed by atoms with E-state index in [2.05, 4.69) is 35.1 Å². The van der Waals surface area contributed by atoms with Gasteiger partial charge in [0, 0.05) is 31.4 Å². The van der Waals surface area contributed by atoms with Gasteiger partial charge < -0.3 is 9.47 Å². The minimum atomic E-state index is 0. The fourth-order valence-corrected chi connectivity index (χ4v) is 4.37. The Balaban J connectivity index is 0.00000196. The number of rotatable bonds is 5. The first-order valence-corrected chi connectivity index (χ1v) is 9.30. The SMILES string of the molecule is CCCN1C[C@H](Cn2cccn2)O[C@@H]2Cc3c(cccc3OC)C[C@H]21.Cl. The molecular weight excluding hydrogens is 350 g/mol. The number of methoxy groups -OCH3 is 1. The van der Waals surface area contributed by atoms with Gasteiger partial charge in [0.2, 0.25) is 0 Å². The van der Waals surface area contributed by atoms with Gasteiger partial charge in [-0.3, -0.25) is 9.58 Å². The molecule has 26 heavy (non-hydrogen) atoms. The van der Waals surface area contributed by atoms with E-state index in [4.69, 9.17) is 9.47 Å². The average Bonchev–Trinajstić information content (AvgIpc) is 3.13. The first-order chi connectivity index (χ1) is 12.3. The third kappa shape index (κ3) is 3.75. The Bertz CT molecular complexity index is 707. The van der Waals surface area contributed by atoms with Crippen LogP contribution in [0.3, 0.4) is 0 Å². The number of morpholine rings is 1. The van der Waals surface area contributed by atoms with E-state index in [-0.39, 0.29) is 24.6 Å². The molecule has 0 radical (unpaired) electrons. The molecule has 1 aromatic heterocycles. The fourth-order valence-electron chi connectivity index (χ4n) is 4.37. The molecule has 0 saturated carbocycles. The van der Waals surface area contributed by atoms with E-state index in [1.807, 2.05) is 23.1 Å². The molecule has 0 N–H and O–H groups in total. The molecular formula is C20H28ClN3O2. The third-order valence-electron chi connectivity index (χ3n) is 5.45. The molecule has 142 valence electrons. The van der Waals surface area contributed by atoms with Crippen molar-refractivity contribution in [3.8, 4) is 5.75 Å². The van der Waals surface area contributed by atoms with E-state index >= 15 is 0 Å². The van der Waals surface area contributed by atoms with Crippen LogP contribution in [0.25, 0.3) is 0 Å². The molecule has 1 aliphatic heterocycles. The lowest BCUT2D eigenvalue weighted by Crippen LogP contribution is -2.58. The summed E-state index contributed by atoms with van der Waals surface area (Å²) in [6, 6.07) is 8.85. The summed E-state index contributed by atoms with van der Waals surface area (Å²) in [4.78, 5) is 2.63. The van der Waals surface area contributed by atoms with Crippen LogP contribution in [0.2, 0.25) is 0 Å². The molecule has 2 heterocycles. The van der Waals surface area contributed by atoms with Crippen LogP contribution in [0.1, 0.15) is 24.5 Å². The predicted molar refractivity (Wildman–Crippen MR) is 104 cm³/mol. The molecule has 0 unspecified atom stereocenters. The molecule has 2 aliphatic rings. The van der Waals surface area contributed by atoms with Crippen molar-refractivity contribution in [1.82, 2.24) is 14.7 Å². The van der Waals surface area contributed by atoms with Crippen molar-refractivity contribution in [2.24, 2.45) is 0 Å². The van der Waals surface area contributed by atoms with Crippen molar-refractivity contribution in [3.05, 3.63) is 47.8 Å². The number of ether oxygens (including phenoxy) is 2. The van der Waals surface area contributed by atoms with Crippen LogP contribution >= 0.6 is 12.4 Å². The maximum atomic E-state index is 6.54. The highest BCUT2D eigenvalue weighted by Crippen LogP contribution is 2.35. The van der Waals surface area contributed by atoms with Crippen LogP contribution in [0.5, 0.6) is 5.75 Å². The smallest absolute Gasteiger partial charge is 0.122 e. The van der Waals surface area contributed by atoms with E-state index in [0.717, 1.165) is 38.2 Å². The van der Waals surface area contributed by atoms with Crippen LogP contribution in [0.4, 0.5) is 0 Å². The van der Waals surface area contributed by atoms with Crippen LogP contribution in [-0.4, -0.2) is 53.1 Å². The van der Waals surface area contributed by atoms with Gasteiger partial charge in [0.1, 0.15) is 5.75 Å². The van der Waals surface area contributed by atoms with Gasteiger partial charge in [-0.2, -0.15) is 5.10 Å². The molecule has 6 heteroatoms. The highest BCUT2D eigenvalue weighted by Gasteiger charge is 2.40. The van der Waals surface area contributed by atoms with Gasteiger partial charge in [0.05, 0.1) is 25.9 Å². The van der Waals surface area contributed by atoms with E-state index in [0.29, 0.717) is 6.04 Å². The largest absolute Gasteiger partial charge is 0.496 e. The van der Waals surface area contributed by atoms with Crippen LogP contribution in [0.15, 0.2) is 36.7 Å². The second-order valence-corrected chi connectivity index (χ2v) is 7.09. The Labute approximate surface area is 161 Å². The standard InChI is InChI=1S/C20H27N3O2.ClH/c1-3-9-22-13-16(14-23-10-5-8-21-23)25-20-12-17-15(11-18(20)22)6-4-7-19(17)24-2;/h4-8,10,16,18,20H,3,9,11-14H2,1-2H3;1H/t16-,18-,20-;/m1./s1. The van der Waals surface area contributed by atoms with Gasteiger partial charge in [-0.15, -0.1) is 12.4 Å². The molecule has 1 fully saturated rings. The highest BCUT2D eigenvalue weighted by molar-refractivity contribution is 5.85. The maximum absolute atomic E-state index is 6.54. The van der Waals surface area contributed by atoms with Crippen LogP contribution < -0.4 is 4.74 Å². The number of fused-ring (bicyclic) bond motifs is 2. The van der Waals surface area contributed by atoms with Gasteiger partial charge in [0.15, 0.2) is 0 Å². The van der Waals surface area contributed by atoms with Gasteiger partial charge >= 0.3 is 0 Å². The van der Waals surface area contributed by atoms with E-state index < -0.39 is 0 Å². The summed E-state index contributed by atoms with van der Waals surface area (Å²) < 4.78 is 14.1. The molecule has 0 spiro atoms.